The Bertz CT molecular complexity index is 716. The van der Waals surface area contributed by atoms with Crippen LogP contribution >= 0.6 is 46.3 Å². The van der Waals surface area contributed by atoms with Crippen LogP contribution in [0.25, 0.3) is 0 Å². The number of thioether (sulfide) groups is 1. The van der Waals surface area contributed by atoms with Crippen molar-refractivity contribution in [3.63, 3.8) is 0 Å². The standard InChI is InChI=1S/C13H9Cl2N3O2S2/c1-2-5-21-13-18-17-12(22-13)16-11(19)7-20-10-4-3-8(14)6-9(10)15/h1,3-4,6H,5,7H2,(H,16,17,19). The molecule has 5 nitrogen and oxygen atoms in total. The number of aromatic nitrogens is 2. The smallest absolute Gasteiger partial charge is 0.264 e. The molecule has 0 bridgehead atoms. The lowest BCUT2D eigenvalue weighted by Gasteiger charge is -2.07. The van der Waals surface area contributed by atoms with E-state index < -0.39 is 0 Å². The molecule has 0 aliphatic rings. The van der Waals surface area contributed by atoms with Gasteiger partial charge in [0.05, 0.1) is 10.8 Å². The van der Waals surface area contributed by atoms with Gasteiger partial charge < -0.3 is 4.74 Å². The lowest BCUT2D eigenvalue weighted by atomic mass is 10.3. The van der Waals surface area contributed by atoms with Crippen LogP contribution in [-0.4, -0.2) is 28.5 Å². The van der Waals surface area contributed by atoms with Crippen molar-refractivity contribution in [1.29, 1.82) is 0 Å². The molecule has 9 heteroatoms. The van der Waals surface area contributed by atoms with Gasteiger partial charge in [0, 0.05) is 5.02 Å². The van der Waals surface area contributed by atoms with E-state index in [0.29, 0.717) is 31.0 Å². The number of amides is 1. The Morgan fingerprint density at radius 3 is 3.00 bits per heavy atom. The first-order valence-electron chi connectivity index (χ1n) is 5.86. The zero-order valence-corrected chi connectivity index (χ0v) is 14.2. The number of carbonyl (C=O) groups excluding carboxylic acids is 1. The number of carbonyl (C=O) groups is 1. The van der Waals surface area contributed by atoms with E-state index in [1.165, 1.54) is 29.2 Å². The number of terminal acetylenes is 1. The lowest BCUT2D eigenvalue weighted by Crippen LogP contribution is -2.20. The van der Waals surface area contributed by atoms with Gasteiger partial charge in [-0.05, 0) is 18.2 Å². The highest BCUT2D eigenvalue weighted by atomic mass is 35.5. The Morgan fingerprint density at radius 2 is 2.27 bits per heavy atom. The molecule has 1 heterocycles. The van der Waals surface area contributed by atoms with Crippen molar-refractivity contribution in [2.75, 3.05) is 17.7 Å². The van der Waals surface area contributed by atoms with Crippen molar-refractivity contribution in [3.8, 4) is 18.1 Å². The first-order chi connectivity index (χ1) is 10.6. The predicted octanol–water partition coefficient (Wildman–Crippen LogP) is 3.59. The molecule has 1 aromatic heterocycles. The third-order valence-corrected chi connectivity index (χ3v) is 4.59. The van der Waals surface area contributed by atoms with Gasteiger partial charge in [0.2, 0.25) is 5.13 Å². The molecule has 22 heavy (non-hydrogen) atoms. The summed E-state index contributed by atoms with van der Waals surface area (Å²) < 4.78 is 6.01. The molecule has 114 valence electrons. The molecule has 0 spiro atoms. The number of hydrogen-bond donors (Lipinski definition) is 1. The Kier molecular flexibility index (Phi) is 6.34. The van der Waals surface area contributed by atoms with Gasteiger partial charge in [-0.2, -0.15) is 0 Å². The quantitative estimate of drug-likeness (QED) is 0.476. The van der Waals surface area contributed by atoms with E-state index in [0.717, 1.165) is 0 Å². The zero-order chi connectivity index (χ0) is 15.9. The average molecular weight is 374 g/mol. The lowest BCUT2D eigenvalue weighted by molar-refractivity contribution is -0.118. The molecule has 1 aromatic carbocycles. The number of halogens is 2. The van der Waals surface area contributed by atoms with Crippen LogP contribution in [0.4, 0.5) is 5.13 Å². The van der Waals surface area contributed by atoms with E-state index in [2.05, 4.69) is 21.4 Å². The van der Waals surface area contributed by atoms with Crippen LogP contribution in [-0.2, 0) is 4.79 Å². The molecule has 2 aromatic rings. The van der Waals surface area contributed by atoms with Crippen molar-refractivity contribution >= 4 is 57.3 Å². The first-order valence-corrected chi connectivity index (χ1v) is 8.41. The molecule has 1 amide bonds. The SMILES string of the molecule is C#CCSc1nnc(NC(=O)COc2ccc(Cl)cc2Cl)s1. The number of nitrogens with zero attached hydrogens (tertiary/aromatic N) is 2. The summed E-state index contributed by atoms with van der Waals surface area (Å²) in [5.74, 6) is 3.00. The molecule has 0 aliphatic heterocycles. The molecular weight excluding hydrogens is 365 g/mol. The number of ether oxygens (including phenoxy) is 1. The van der Waals surface area contributed by atoms with Gasteiger partial charge in [-0.3, -0.25) is 10.1 Å². The summed E-state index contributed by atoms with van der Waals surface area (Å²) in [6.45, 7) is -0.201. The summed E-state index contributed by atoms with van der Waals surface area (Å²) >= 11 is 14.3. The number of anilines is 1. The van der Waals surface area contributed by atoms with Crippen molar-refractivity contribution in [1.82, 2.24) is 10.2 Å². The van der Waals surface area contributed by atoms with Gasteiger partial charge in [-0.25, -0.2) is 0 Å². The zero-order valence-electron chi connectivity index (χ0n) is 11.0. The van der Waals surface area contributed by atoms with Crippen molar-refractivity contribution in [2.24, 2.45) is 0 Å². The monoisotopic (exact) mass is 373 g/mol. The molecule has 0 radical (unpaired) electrons. The van der Waals surface area contributed by atoms with Crippen molar-refractivity contribution < 1.29 is 9.53 Å². The molecule has 0 fully saturated rings. The highest BCUT2D eigenvalue weighted by Gasteiger charge is 2.10. The summed E-state index contributed by atoms with van der Waals surface area (Å²) in [7, 11) is 0. The largest absolute Gasteiger partial charge is 0.482 e. The van der Waals surface area contributed by atoms with Crippen molar-refractivity contribution in [2.45, 2.75) is 4.34 Å². The maximum Gasteiger partial charge on any atom is 0.264 e. The molecule has 1 N–H and O–H groups in total. The Labute approximate surface area is 145 Å². The van der Waals surface area contributed by atoms with Crippen LogP contribution < -0.4 is 10.1 Å². The molecule has 0 saturated carbocycles. The van der Waals surface area contributed by atoms with E-state index in [9.17, 15) is 4.79 Å². The normalized spacial score (nSPS) is 10.0. The van der Waals surface area contributed by atoms with Gasteiger partial charge in [-0.1, -0.05) is 52.2 Å². The highest BCUT2D eigenvalue weighted by molar-refractivity contribution is 8.01. The van der Waals surface area contributed by atoms with Crippen LogP contribution in [0.1, 0.15) is 0 Å². The van der Waals surface area contributed by atoms with E-state index in [4.69, 9.17) is 34.4 Å². The van der Waals surface area contributed by atoms with E-state index in [1.807, 2.05) is 0 Å². The summed E-state index contributed by atoms with van der Waals surface area (Å²) in [5, 5.41) is 11.5. The molecule has 0 unspecified atom stereocenters. The van der Waals surface area contributed by atoms with Crippen LogP contribution in [0, 0.1) is 12.3 Å². The van der Waals surface area contributed by atoms with Crippen LogP contribution in [0.5, 0.6) is 5.75 Å². The summed E-state index contributed by atoms with van der Waals surface area (Å²) in [6.07, 6.45) is 5.16. The first kappa shape index (κ1) is 16.9. The fraction of sp³-hybridized carbons (Fsp3) is 0.154. The number of nitrogens with one attached hydrogen (secondary N) is 1. The topological polar surface area (TPSA) is 64.1 Å². The minimum Gasteiger partial charge on any atom is -0.482 e. The van der Waals surface area contributed by atoms with Gasteiger partial charge in [0.15, 0.2) is 10.9 Å². The second kappa shape index (κ2) is 8.25. The maximum atomic E-state index is 11.8. The molecular formula is C13H9Cl2N3O2S2. The Balaban J connectivity index is 1.85. The Hall–Kier alpha value is -1.46. The van der Waals surface area contributed by atoms with Crippen LogP contribution in [0.3, 0.4) is 0 Å². The average Bonchev–Trinajstić information content (AvgIpc) is 2.91. The molecule has 0 aliphatic carbocycles. The van der Waals surface area contributed by atoms with E-state index in [-0.39, 0.29) is 12.5 Å². The predicted molar refractivity (Wildman–Crippen MR) is 90.1 cm³/mol. The second-order valence-corrected chi connectivity index (χ2v) is 6.82. The van der Waals surface area contributed by atoms with E-state index in [1.54, 1.807) is 12.1 Å². The second-order valence-electron chi connectivity index (χ2n) is 3.78. The van der Waals surface area contributed by atoms with Gasteiger partial charge >= 0.3 is 0 Å². The summed E-state index contributed by atoms with van der Waals surface area (Å²) in [4.78, 5) is 11.8. The van der Waals surface area contributed by atoms with Crippen LogP contribution in [0.15, 0.2) is 22.5 Å². The maximum absolute atomic E-state index is 11.8. The fourth-order valence-electron chi connectivity index (χ4n) is 1.31. The third-order valence-electron chi connectivity index (χ3n) is 2.18. The third kappa shape index (κ3) is 5.07. The summed E-state index contributed by atoms with van der Waals surface area (Å²) in [5.41, 5.74) is 0. The number of benzene rings is 1. The summed E-state index contributed by atoms with van der Waals surface area (Å²) in [6, 6.07) is 4.76. The van der Waals surface area contributed by atoms with E-state index >= 15 is 0 Å². The highest BCUT2D eigenvalue weighted by Crippen LogP contribution is 2.28. The molecule has 2 rings (SSSR count). The number of hydrogen-bond acceptors (Lipinski definition) is 6. The van der Waals surface area contributed by atoms with Gasteiger partial charge in [-0.15, -0.1) is 16.6 Å². The fourth-order valence-corrected chi connectivity index (χ4v) is 3.22. The molecule has 0 saturated heterocycles. The number of rotatable bonds is 6. The van der Waals surface area contributed by atoms with Crippen molar-refractivity contribution in [3.05, 3.63) is 28.2 Å². The van der Waals surface area contributed by atoms with Crippen LogP contribution in [0.2, 0.25) is 10.0 Å². The molecule has 0 atom stereocenters. The minimum absolute atomic E-state index is 0.201. The van der Waals surface area contributed by atoms with Gasteiger partial charge in [0.25, 0.3) is 5.91 Å². The Morgan fingerprint density at radius 1 is 1.45 bits per heavy atom. The minimum atomic E-state index is -0.365. The van der Waals surface area contributed by atoms with Gasteiger partial charge in [0.1, 0.15) is 5.75 Å².